The first-order valence-electron chi connectivity index (χ1n) is 13.7. The molecule has 0 saturated carbocycles. The van der Waals surface area contributed by atoms with E-state index in [1.807, 2.05) is 18.2 Å². The number of hydrogen-bond donors (Lipinski definition) is 0. The van der Waals surface area contributed by atoms with Gasteiger partial charge in [0, 0.05) is 30.1 Å². The van der Waals surface area contributed by atoms with Crippen molar-refractivity contribution < 1.29 is 4.74 Å². The Balaban J connectivity index is 1.92. The van der Waals surface area contributed by atoms with Crippen LogP contribution in [-0.2, 0) is 6.54 Å². The number of ether oxygens (including phenoxy) is 1. The number of unbranched alkanes of at least 4 members (excludes halogenated alkanes) is 5. The number of hydrogen-bond acceptors (Lipinski definition) is 3. The minimum atomic E-state index is 0.446. The smallest absolute Gasteiger partial charge is 0.118 e. The van der Waals surface area contributed by atoms with Crippen LogP contribution in [0.1, 0.15) is 75.5 Å². The van der Waals surface area contributed by atoms with Crippen molar-refractivity contribution >= 4 is 15.9 Å². The fraction of sp³-hybridized carbons (Fsp3) is 0.500. The van der Waals surface area contributed by atoms with Crippen LogP contribution in [0, 0.1) is 0 Å². The normalized spacial score (nSPS) is 12.1. The maximum atomic E-state index is 5.29. The molecular formula is C32H47BrN2O. The summed E-state index contributed by atoms with van der Waals surface area (Å²) in [5, 5.41) is 0. The van der Waals surface area contributed by atoms with E-state index in [0.717, 1.165) is 42.9 Å². The number of benzene rings is 2. The first-order chi connectivity index (χ1) is 17.6. The molecule has 0 aliphatic heterocycles. The van der Waals surface area contributed by atoms with Crippen LogP contribution in [0.25, 0.3) is 0 Å². The number of nitrogens with zero attached hydrogens (tertiary/aromatic N) is 2. The summed E-state index contributed by atoms with van der Waals surface area (Å²) in [6.07, 6.45) is 14.1. The fourth-order valence-electron chi connectivity index (χ4n) is 4.78. The summed E-state index contributed by atoms with van der Waals surface area (Å²) < 4.78 is 6.43. The maximum Gasteiger partial charge on any atom is 0.118 e. The van der Waals surface area contributed by atoms with Gasteiger partial charge < -0.3 is 4.74 Å². The Bertz CT molecular complexity index is 849. The van der Waals surface area contributed by atoms with Crippen LogP contribution in [-0.4, -0.2) is 43.1 Å². The SMILES string of the molecule is C=CCN(CCCCCC(c1ccc(Br)cc1)N(CC=C)CCCCCC)Cc1ccc(OC)cc1. The Morgan fingerprint density at radius 3 is 2.14 bits per heavy atom. The number of methoxy groups -OCH3 is 1. The summed E-state index contributed by atoms with van der Waals surface area (Å²) in [5.74, 6) is 0.908. The summed E-state index contributed by atoms with van der Waals surface area (Å²) in [4.78, 5) is 5.12. The van der Waals surface area contributed by atoms with Gasteiger partial charge in [-0.05, 0) is 67.7 Å². The van der Waals surface area contributed by atoms with E-state index in [0.29, 0.717) is 6.04 Å². The summed E-state index contributed by atoms with van der Waals surface area (Å²) in [6.45, 7) is 15.3. The van der Waals surface area contributed by atoms with Crippen molar-refractivity contribution in [2.75, 3.05) is 33.3 Å². The second kappa shape index (κ2) is 18.4. The van der Waals surface area contributed by atoms with E-state index < -0.39 is 0 Å². The quantitative estimate of drug-likeness (QED) is 0.120. The number of rotatable bonds is 20. The van der Waals surface area contributed by atoms with Crippen LogP contribution in [0.5, 0.6) is 5.75 Å². The molecule has 0 aliphatic rings. The van der Waals surface area contributed by atoms with Crippen LogP contribution in [0.2, 0.25) is 0 Å². The molecule has 2 aromatic rings. The molecule has 0 radical (unpaired) electrons. The average Bonchev–Trinajstić information content (AvgIpc) is 2.89. The topological polar surface area (TPSA) is 15.7 Å². The minimum absolute atomic E-state index is 0.446. The molecule has 0 N–H and O–H groups in total. The van der Waals surface area contributed by atoms with E-state index in [1.54, 1.807) is 7.11 Å². The van der Waals surface area contributed by atoms with Gasteiger partial charge in [-0.1, -0.05) is 91.4 Å². The summed E-state index contributed by atoms with van der Waals surface area (Å²) >= 11 is 3.60. The average molecular weight is 556 g/mol. The molecule has 0 heterocycles. The van der Waals surface area contributed by atoms with E-state index in [1.165, 1.54) is 62.5 Å². The molecule has 2 rings (SSSR count). The molecule has 36 heavy (non-hydrogen) atoms. The van der Waals surface area contributed by atoms with Crippen LogP contribution in [0.4, 0.5) is 0 Å². The zero-order valence-corrected chi connectivity index (χ0v) is 24.2. The largest absolute Gasteiger partial charge is 0.497 e. The van der Waals surface area contributed by atoms with Crippen LogP contribution >= 0.6 is 15.9 Å². The van der Waals surface area contributed by atoms with Gasteiger partial charge in [-0.15, -0.1) is 13.2 Å². The second-order valence-electron chi connectivity index (χ2n) is 9.63. The van der Waals surface area contributed by atoms with E-state index in [2.05, 4.69) is 88.3 Å². The van der Waals surface area contributed by atoms with Crippen molar-refractivity contribution in [3.05, 3.63) is 89.4 Å². The molecule has 2 aromatic carbocycles. The Labute approximate surface area is 229 Å². The third-order valence-electron chi connectivity index (χ3n) is 6.76. The molecule has 0 spiro atoms. The Morgan fingerprint density at radius 1 is 0.833 bits per heavy atom. The molecule has 4 heteroatoms. The van der Waals surface area contributed by atoms with Crippen LogP contribution < -0.4 is 4.74 Å². The predicted octanol–water partition coefficient (Wildman–Crippen LogP) is 8.82. The van der Waals surface area contributed by atoms with E-state index in [-0.39, 0.29) is 0 Å². The molecule has 0 aromatic heterocycles. The van der Waals surface area contributed by atoms with Gasteiger partial charge in [0.1, 0.15) is 5.75 Å². The monoisotopic (exact) mass is 554 g/mol. The van der Waals surface area contributed by atoms with Crippen molar-refractivity contribution in [2.45, 2.75) is 70.9 Å². The first kappa shape index (κ1) is 30.3. The fourth-order valence-corrected chi connectivity index (χ4v) is 5.05. The van der Waals surface area contributed by atoms with Gasteiger partial charge in [0.25, 0.3) is 0 Å². The highest BCUT2D eigenvalue weighted by Crippen LogP contribution is 2.28. The molecular weight excluding hydrogens is 508 g/mol. The lowest BCUT2D eigenvalue weighted by Gasteiger charge is -2.32. The van der Waals surface area contributed by atoms with Gasteiger partial charge in [0.05, 0.1) is 7.11 Å². The summed E-state index contributed by atoms with van der Waals surface area (Å²) in [6, 6.07) is 17.8. The Kier molecular flexibility index (Phi) is 15.5. The lowest BCUT2D eigenvalue weighted by Crippen LogP contribution is -2.30. The minimum Gasteiger partial charge on any atom is -0.497 e. The Hall–Kier alpha value is -1.88. The predicted molar refractivity (Wildman–Crippen MR) is 160 cm³/mol. The van der Waals surface area contributed by atoms with Crippen molar-refractivity contribution in [3.8, 4) is 5.75 Å². The number of halogens is 1. The van der Waals surface area contributed by atoms with Crippen LogP contribution in [0.15, 0.2) is 78.3 Å². The molecule has 0 amide bonds. The van der Waals surface area contributed by atoms with Gasteiger partial charge in [0.15, 0.2) is 0 Å². The van der Waals surface area contributed by atoms with E-state index in [4.69, 9.17) is 4.74 Å². The van der Waals surface area contributed by atoms with E-state index >= 15 is 0 Å². The molecule has 0 aliphatic carbocycles. The molecule has 1 unspecified atom stereocenters. The highest BCUT2D eigenvalue weighted by atomic mass is 79.9. The molecule has 0 fully saturated rings. The van der Waals surface area contributed by atoms with Crippen molar-refractivity contribution in [2.24, 2.45) is 0 Å². The van der Waals surface area contributed by atoms with Gasteiger partial charge in [0.2, 0.25) is 0 Å². The Morgan fingerprint density at radius 2 is 1.50 bits per heavy atom. The molecule has 198 valence electrons. The maximum absolute atomic E-state index is 5.29. The third-order valence-corrected chi connectivity index (χ3v) is 7.29. The standard InChI is InChI=1S/C32H47BrN2O/c1-5-8-9-13-26-35(24-7-3)32(29-17-19-30(33)20-18-29)14-11-10-12-25-34(23-6-2)27-28-15-21-31(36-4)22-16-28/h6-7,15-22,32H,2-3,5,8-14,23-27H2,1,4H3. The summed E-state index contributed by atoms with van der Waals surface area (Å²) in [7, 11) is 1.71. The lowest BCUT2D eigenvalue weighted by molar-refractivity contribution is 0.198. The van der Waals surface area contributed by atoms with Gasteiger partial charge >= 0.3 is 0 Å². The zero-order valence-electron chi connectivity index (χ0n) is 22.6. The lowest BCUT2D eigenvalue weighted by atomic mass is 9.98. The first-order valence-corrected chi connectivity index (χ1v) is 14.5. The van der Waals surface area contributed by atoms with Crippen molar-refractivity contribution in [3.63, 3.8) is 0 Å². The van der Waals surface area contributed by atoms with Gasteiger partial charge in [-0.3, -0.25) is 9.80 Å². The van der Waals surface area contributed by atoms with Crippen LogP contribution in [0.3, 0.4) is 0 Å². The molecule has 0 bridgehead atoms. The molecule has 0 saturated heterocycles. The molecule has 1 atom stereocenters. The van der Waals surface area contributed by atoms with Crippen molar-refractivity contribution in [1.29, 1.82) is 0 Å². The van der Waals surface area contributed by atoms with Gasteiger partial charge in [-0.25, -0.2) is 0 Å². The third kappa shape index (κ3) is 11.5. The van der Waals surface area contributed by atoms with Gasteiger partial charge in [-0.2, -0.15) is 0 Å². The highest BCUT2D eigenvalue weighted by Gasteiger charge is 2.19. The van der Waals surface area contributed by atoms with Crippen molar-refractivity contribution in [1.82, 2.24) is 9.80 Å². The van der Waals surface area contributed by atoms with E-state index in [9.17, 15) is 0 Å². The highest BCUT2D eigenvalue weighted by molar-refractivity contribution is 9.10. The summed E-state index contributed by atoms with van der Waals surface area (Å²) in [5.41, 5.74) is 2.74. The molecule has 3 nitrogen and oxygen atoms in total. The zero-order chi connectivity index (χ0) is 26.0. The second-order valence-corrected chi connectivity index (χ2v) is 10.5.